The second kappa shape index (κ2) is 7.44. The average molecular weight is 365 g/mol. The molecule has 0 spiro atoms. The van der Waals surface area contributed by atoms with Crippen LogP contribution in [0.15, 0.2) is 52.3 Å². The summed E-state index contributed by atoms with van der Waals surface area (Å²) in [5.74, 6) is 1.70. The molecule has 0 radical (unpaired) electrons. The lowest BCUT2D eigenvalue weighted by Crippen LogP contribution is -2.49. The Kier molecular flexibility index (Phi) is 4.85. The highest BCUT2D eigenvalue weighted by atomic mass is 16.3. The lowest BCUT2D eigenvalue weighted by atomic mass is 9.99. The Balaban J connectivity index is 1.39. The largest absolute Gasteiger partial charge is 0.448 e. The van der Waals surface area contributed by atoms with Gasteiger partial charge in [-0.3, -0.25) is 14.7 Å². The van der Waals surface area contributed by atoms with Gasteiger partial charge in [0, 0.05) is 55.5 Å². The van der Waals surface area contributed by atoms with Gasteiger partial charge in [0.1, 0.15) is 5.76 Å². The summed E-state index contributed by atoms with van der Waals surface area (Å²) in [7, 11) is 0. The van der Waals surface area contributed by atoms with Gasteiger partial charge in [-0.05, 0) is 18.2 Å². The first-order valence-electron chi connectivity index (χ1n) is 9.23. The van der Waals surface area contributed by atoms with Crippen molar-refractivity contribution in [1.82, 2.24) is 24.6 Å². The predicted octanol–water partition coefficient (Wildman–Crippen LogP) is 2.55. The first-order chi connectivity index (χ1) is 13.1. The van der Waals surface area contributed by atoms with Gasteiger partial charge in [0.15, 0.2) is 6.39 Å². The predicted molar refractivity (Wildman–Crippen MR) is 101 cm³/mol. The maximum absolute atomic E-state index is 12.2. The highest BCUT2D eigenvalue weighted by molar-refractivity contribution is 5.56. The molecule has 0 aromatic carbocycles. The number of pyridine rings is 1. The van der Waals surface area contributed by atoms with Gasteiger partial charge < -0.3 is 4.42 Å². The molecule has 4 heterocycles. The second-order valence-electron chi connectivity index (χ2n) is 7.36. The summed E-state index contributed by atoms with van der Waals surface area (Å²) in [6, 6.07) is 7.14. The van der Waals surface area contributed by atoms with Crippen molar-refractivity contribution in [3.05, 3.63) is 64.9 Å². The van der Waals surface area contributed by atoms with Crippen LogP contribution in [0.1, 0.15) is 31.2 Å². The van der Waals surface area contributed by atoms with E-state index in [0.29, 0.717) is 18.4 Å². The van der Waals surface area contributed by atoms with Crippen LogP contribution in [0.4, 0.5) is 0 Å². The van der Waals surface area contributed by atoms with Crippen molar-refractivity contribution >= 4 is 0 Å². The lowest BCUT2D eigenvalue weighted by molar-refractivity contribution is 0.0750. The molecule has 0 unspecified atom stereocenters. The fraction of sp³-hybridized carbons (Fsp3) is 0.400. The highest BCUT2D eigenvalue weighted by Crippen LogP contribution is 2.24. The molecule has 27 heavy (non-hydrogen) atoms. The van der Waals surface area contributed by atoms with E-state index in [4.69, 9.17) is 4.42 Å². The Bertz CT molecular complexity index is 958. The highest BCUT2D eigenvalue weighted by Gasteiger charge is 2.29. The first-order valence-corrected chi connectivity index (χ1v) is 9.23. The molecule has 4 rings (SSSR count). The normalized spacial score (nSPS) is 15.2. The van der Waals surface area contributed by atoms with Crippen LogP contribution in [0.2, 0.25) is 0 Å². The molecule has 1 fully saturated rings. The fourth-order valence-electron chi connectivity index (χ4n) is 3.49. The molecule has 1 aliphatic heterocycles. The third-order valence-corrected chi connectivity index (χ3v) is 4.86. The monoisotopic (exact) mass is 365 g/mol. The molecule has 1 aliphatic rings. The van der Waals surface area contributed by atoms with Gasteiger partial charge in [0.2, 0.25) is 0 Å². The van der Waals surface area contributed by atoms with Crippen molar-refractivity contribution in [3.63, 3.8) is 0 Å². The zero-order chi connectivity index (χ0) is 18.8. The Hall–Kier alpha value is -2.80. The van der Waals surface area contributed by atoms with Crippen molar-refractivity contribution in [1.29, 1.82) is 0 Å². The number of oxazole rings is 1. The van der Waals surface area contributed by atoms with Crippen LogP contribution in [-0.2, 0) is 13.1 Å². The van der Waals surface area contributed by atoms with E-state index in [-0.39, 0.29) is 5.56 Å². The smallest absolute Gasteiger partial charge is 0.266 e. The maximum Gasteiger partial charge on any atom is 0.266 e. The SMILES string of the molecule is CC(C)c1ocnc1CN1CC(Cn2nc(-c3cccnc3)ccc2=O)C1. The van der Waals surface area contributed by atoms with Crippen molar-refractivity contribution < 1.29 is 4.42 Å². The second-order valence-corrected chi connectivity index (χ2v) is 7.36. The quantitative estimate of drug-likeness (QED) is 0.668. The maximum atomic E-state index is 12.2. The first kappa shape index (κ1) is 17.6. The van der Waals surface area contributed by atoms with Crippen molar-refractivity contribution in [2.75, 3.05) is 13.1 Å². The molecule has 3 aromatic heterocycles. The van der Waals surface area contributed by atoms with Crippen LogP contribution in [-0.4, -0.2) is 37.7 Å². The third kappa shape index (κ3) is 3.83. The molecule has 7 heteroatoms. The third-order valence-electron chi connectivity index (χ3n) is 4.86. The van der Waals surface area contributed by atoms with Gasteiger partial charge in [-0.15, -0.1) is 0 Å². The van der Waals surface area contributed by atoms with E-state index >= 15 is 0 Å². The average Bonchev–Trinajstić information content (AvgIpc) is 3.11. The minimum absolute atomic E-state index is 0.0697. The lowest BCUT2D eigenvalue weighted by Gasteiger charge is -2.38. The van der Waals surface area contributed by atoms with Gasteiger partial charge in [-0.25, -0.2) is 9.67 Å². The molecule has 0 N–H and O–H groups in total. The van der Waals surface area contributed by atoms with Gasteiger partial charge in [-0.2, -0.15) is 5.10 Å². The van der Waals surface area contributed by atoms with Crippen LogP contribution in [0, 0.1) is 5.92 Å². The van der Waals surface area contributed by atoms with Gasteiger partial charge in [-0.1, -0.05) is 13.8 Å². The summed E-state index contributed by atoms with van der Waals surface area (Å²) in [4.78, 5) is 23.0. The Labute approximate surface area is 157 Å². The van der Waals surface area contributed by atoms with E-state index in [1.807, 2.05) is 12.1 Å². The van der Waals surface area contributed by atoms with E-state index < -0.39 is 0 Å². The van der Waals surface area contributed by atoms with Gasteiger partial charge in [0.05, 0.1) is 17.9 Å². The molecule has 0 amide bonds. The minimum atomic E-state index is -0.0697. The molecule has 0 atom stereocenters. The molecular weight excluding hydrogens is 342 g/mol. The van der Waals surface area contributed by atoms with Gasteiger partial charge >= 0.3 is 0 Å². The summed E-state index contributed by atoms with van der Waals surface area (Å²) in [6.45, 7) is 7.48. The van der Waals surface area contributed by atoms with Crippen LogP contribution < -0.4 is 5.56 Å². The van der Waals surface area contributed by atoms with E-state index in [2.05, 4.69) is 33.8 Å². The summed E-state index contributed by atoms with van der Waals surface area (Å²) in [5.41, 5.74) is 2.62. The molecule has 3 aromatic rings. The fourth-order valence-corrected chi connectivity index (χ4v) is 3.49. The van der Waals surface area contributed by atoms with Crippen LogP contribution in [0.25, 0.3) is 11.3 Å². The summed E-state index contributed by atoms with van der Waals surface area (Å²) >= 11 is 0. The molecule has 0 saturated carbocycles. The number of nitrogens with zero attached hydrogens (tertiary/aromatic N) is 5. The summed E-state index contributed by atoms with van der Waals surface area (Å²) in [6.07, 6.45) is 5.00. The molecule has 1 saturated heterocycles. The van der Waals surface area contributed by atoms with Crippen molar-refractivity contribution in [2.45, 2.75) is 32.9 Å². The van der Waals surface area contributed by atoms with Crippen LogP contribution >= 0.6 is 0 Å². The van der Waals surface area contributed by atoms with Crippen LogP contribution in [0.5, 0.6) is 0 Å². The number of aromatic nitrogens is 4. The Morgan fingerprint density at radius 3 is 2.85 bits per heavy atom. The van der Waals surface area contributed by atoms with E-state index in [9.17, 15) is 4.79 Å². The van der Waals surface area contributed by atoms with E-state index in [0.717, 1.165) is 42.3 Å². The van der Waals surface area contributed by atoms with Crippen LogP contribution in [0.3, 0.4) is 0 Å². The van der Waals surface area contributed by atoms with Crippen molar-refractivity contribution in [3.8, 4) is 11.3 Å². The summed E-state index contributed by atoms with van der Waals surface area (Å²) in [5, 5.41) is 4.52. The molecular formula is C20H23N5O2. The molecule has 140 valence electrons. The number of rotatable bonds is 6. The van der Waals surface area contributed by atoms with Crippen molar-refractivity contribution in [2.24, 2.45) is 5.92 Å². The van der Waals surface area contributed by atoms with E-state index in [1.54, 1.807) is 29.2 Å². The Morgan fingerprint density at radius 1 is 1.26 bits per heavy atom. The van der Waals surface area contributed by atoms with Gasteiger partial charge in [0.25, 0.3) is 5.56 Å². The number of hydrogen-bond acceptors (Lipinski definition) is 6. The number of hydrogen-bond donors (Lipinski definition) is 0. The molecule has 0 bridgehead atoms. The minimum Gasteiger partial charge on any atom is -0.448 e. The Morgan fingerprint density at radius 2 is 2.11 bits per heavy atom. The molecule has 7 nitrogen and oxygen atoms in total. The zero-order valence-electron chi connectivity index (χ0n) is 15.6. The van der Waals surface area contributed by atoms with E-state index in [1.165, 1.54) is 6.39 Å². The molecule has 0 aliphatic carbocycles. The zero-order valence-corrected chi connectivity index (χ0v) is 15.6. The standard InChI is InChI=1S/C20H23N5O2/c1-14(2)20-18(22-13-27-20)12-24-9-15(10-24)11-25-19(26)6-5-17(23-25)16-4-3-7-21-8-16/h3-8,13-15H,9-12H2,1-2H3. The topological polar surface area (TPSA) is 77.1 Å². The summed E-state index contributed by atoms with van der Waals surface area (Å²) < 4.78 is 7.06. The number of likely N-dealkylation sites (tertiary alicyclic amines) is 1.